The summed E-state index contributed by atoms with van der Waals surface area (Å²) in [4.78, 5) is 0. The van der Waals surface area contributed by atoms with E-state index in [1.807, 2.05) is 12.1 Å². The van der Waals surface area contributed by atoms with Gasteiger partial charge in [0.05, 0.1) is 0 Å². The standard InChI is InChI=1S/C16H18ClF/c17-12(8-9-3-1-2-4-13(9)18)16-14-10-5-6-11(7-10)15(14)16/h1-4,10-12,14-16H,5-8H2. The van der Waals surface area contributed by atoms with Crippen LogP contribution in [0.1, 0.15) is 24.8 Å². The van der Waals surface area contributed by atoms with E-state index in [1.54, 1.807) is 6.07 Å². The van der Waals surface area contributed by atoms with Crippen molar-refractivity contribution in [2.45, 2.75) is 31.1 Å². The van der Waals surface area contributed by atoms with Gasteiger partial charge in [0.25, 0.3) is 0 Å². The Balaban J connectivity index is 1.47. The summed E-state index contributed by atoms with van der Waals surface area (Å²) in [6.45, 7) is 0. The molecule has 0 N–H and O–H groups in total. The molecule has 0 spiro atoms. The first kappa shape index (κ1) is 11.3. The van der Waals surface area contributed by atoms with E-state index < -0.39 is 0 Å². The lowest BCUT2D eigenvalue weighted by Gasteiger charge is -2.14. The number of alkyl halides is 1. The van der Waals surface area contributed by atoms with E-state index in [4.69, 9.17) is 11.6 Å². The van der Waals surface area contributed by atoms with Crippen LogP contribution in [0, 0.1) is 35.4 Å². The van der Waals surface area contributed by atoms with E-state index >= 15 is 0 Å². The highest BCUT2D eigenvalue weighted by Gasteiger charge is 2.66. The highest BCUT2D eigenvalue weighted by molar-refractivity contribution is 6.21. The normalized spacial score (nSPS) is 41.8. The van der Waals surface area contributed by atoms with Crippen molar-refractivity contribution in [1.29, 1.82) is 0 Å². The van der Waals surface area contributed by atoms with Gasteiger partial charge in [-0.3, -0.25) is 0 Å². The molecule has 3 saturated carbocycles. The number of benzene rings is 1. The third-order valence-corrected chi connectivity index (χ3v) is 6.03. The van der Waals surface area contributed by atoms with E-state index in [9.17, 15) is 4.39 Å². The van der Waals surface area contributed by atoms with Crippen LogP contribution in [0.3, 0.4) is 0 Å². The Morgan fingerprint density at radius 1 is 1.17 bits per heavy atom. The maximum atomic E-state index is 13.6. The lowest BCUT2D eigenvalue weighted by Crippen LogP contribution is -2.13. The van der Waals surface area contributed by atoms with Gasteiger partial charge in [0.2, 0.25) is 0 Å². The third-order valence-electron chi connectivity index (χ3n) is 5.59. The fourth-order valence-electron chi connectivity index (χ4n) is 4.89. The van der Waals surface area contributed by atoms with Crippen LogP contribution in [-0.4, -0.2) is 5.38 Å². The molecule has 96 valence electrons. The summed E-state index contributed by atoms with van der Waals surface area (Å²) in [7, 11) is 0. The van der Waals surface area contributed by atoms with Crippen molar-refractivity contribution in [3.63, 3.8) is 0 Å². The zero-order valence-corrected chi connectivity index (χ0v) is 11.1. The summed E-state index contributed by atoms with van der Waals surface area (Å²) in [5.41, 5.74) is 0.787. The number of halogens is 2. The fraction of sp³-hybridized carbons (Fsp3) is 0.625. The van der Waals surface area contributed by atoms with Crippen LogP contribution in [0.4, 0.5) is 4.39 Å². The van der Waals surface area contributed by atoms with Crippen LogP contribution in [0.15, 0.2) is 24.3 Å². The molecule has 5 unspecified atom stereocenters. The third kappa shape index (κ3) is 1.56. The molecule has 4 rings (SSSR count). The van der Waals surface area contributed by atoms with Crippen LogP contribution < -0.4 is 0 Å². The van der Waals surface area contributed by atoms with Gasteiger partial charge in [-0.05, 0) is 66.9 Å². The van der Waals surface area contributed by atoms with E-state index in [1.165, 1.54) is 25.3 Å². The SMILES string of the molecule is Fc1ccccc1CC(Cl)C1C2C3CCC(C3)C12. The first-order valence-corrected chi connectivity index (χ1v) is 7.57. The van der Waals surface area contributed by atoms with Crippen molar-refractivity contribution in [2.24, 2.45) is 29.6 Å². The molecule has 18 heavy (non-hydrogen) atoms. The van der Waals surface area contributed by atoms with Crippen molar-refractivity contribution in [3.05, 3.63) is 35.6 Å². The number of hydrogen-bond donors (Lipinski definition) is 0. The summed E-state index contributed by atoms with van der Waals surface area (Å²) >= 11 is 6.58. The highest BCUT2D eigenvalue weighted by atomic mass is 35.5. The van der Waals surface area contributed by atoms with Gasteiger partial charge in [-0.1, -0.05) is 18.2 Å². The Hall–Kier alpha value is -0.560. The molecule has 3 aliphatic rings. The van der Waals surface area contributed by atoms with Crippen molar-refractivity contribution < 1.29 is 4.39 Å². The molecule has 0 heterocycles. The van der Waals surface area contributed by atoms with Gasteiger partial charge in [-0.15, -0.1) is 11.6 Å². The van der Waals surface area contributed by atoms with Gasteiger partial charge in [-0.25, -0.2) is 4.39 Å². The van der Waals surface area contributed by atoms with E-state index in [0.29, 0.717) is 12.3 Å². The molecule has 3 aliphatic carbocycles. The van der Waals surface area contributed by atoms with Crippen molar-refractivity contribution in [1.82, 2.24) is 0 Å². The molecule has 5 atom stereocenters. The van der Waals surface area contributed by atoms with Crippen molar-refractivity contribution >= 4 is 11.6 Å². The molecule has 0 radical (unpaired) electrons. The Labute approximate surface area is 113 Å². The number of hydrogen-bond acceptors (Lipinski definition) is 0. The topological polar surface area (TPSA) is 0 Å². The van der Waals surface area contributed by atoms with Crippen LogP contribution in [0.25, 0.3) is 0 Å². The first-order chi connectivity index (χ1) is 8.75. The summed E-state index contributed by atoms with van der Waals surface area (Å²) in [5.74, 6) is 4.25. The molecule has 0 saturated heterocycles. The summed E-state index contributed by atoms with van der Waals surface area (Å²) < 4.78 is 13.6. The molecule has 1 aromatic rings. The Bertz CT molecular complexity index is 456. The molecule has 0 aliphatic heterocycles. The number of fused-ring (bicyclic) bond motifs is 5. The smallest absolute Gasteiger partial charge is 0.126 e. The summed E-state index contributed by atoms with van der Waals surface area (Å²) in [6, 6.07) is 7.06. The first-order valence-electron chi connectivity index (χ1n) is 7.13. The lowest BCUT2D eigenvalue weighted by atomic mass is 9.97. The van der Waals surface area contributed by atoms with Gasteiger partial charge in [0.15, 0.2) is 0 Å². The van der Waals surface area contributed by atoms with Crippen molar-refractivity contribution in [3.8, 4) is 0 Å². The molecular formula is C16H18ClF. The van der Waals surface area contributed by atoms with E-state index in [2.05, 4.69) is 0 Å². The minimum atomic E-state index is -0.100. The molecule has 0 aromatic heterocycles. The average molecular weight is 265 g/mol. The molecule has 2 heteroatoms. The second-order valence-electron chi connectivity index (χ2n) is 6.38. The van der Waals surface area contributed by atoms with Crippen LogP contribution >= 0.6 is 11.6 Å². The molecule has 0 nitrogen and oxygen atoms in total. The molecule has 2 bridgehead atoms. The van der Waals surface area contributed by atoms with Crippen LogP contribution in [-0.2, 0) is 6.42 Å². The second-order valence-corrected chi connectivity index (χ2v) is 6.94. The van der Waals surface area contributed by atoms with Crippen molar-refractivity contribution in [2.75, 3.05) is 0 Å². The Kier molecular flexibility index (Phi) is 2.49. The quantitative estimate of drug-likeness (QED) is 0.716. The molecule has 1 aromatic carbocycles. The number of rotatable bonds is 3. The second kappa shape index (κ2) is 3.96. The fourth-order valence-corrected chi connectivity index (χ4v) is 5.39. The monoisotopic (exact) mass is 264 g/mol. The Morgan fingerprint density at radius 3 is 2.50 bits per heavy atom. The highest BCUT2D eigenvalue weighted by Crippen LogP contribution is 2.71. The predicted octanol–water partition coefficient (Wildman–Crippen LogP) is 4.27. The summed E-state index contributed by atoms with van der Waals surface area (Å²) in [5, 5.41) is 0.139. The molecule has 0 amide bonds. The largest absolute Gasteiger partial charge is 0.207 e. The van der Waals surface area contributed by atoms with Gasteiger partial charge < -0.3 is 0 Å². The average Bonchev–Trinajstić information content (AvgIpc) is 2.82. The van der Waals surface area contributed by atoms with E-state index in [-0.39, 0.29) is 11.2 Å². The minimum absolute atomic E-state index is 0.100. The van der Waals surface area contributed by atoms with Crippen LogP contribution in [0.5, 0.6) is 0 Å². The molecular weight excluding hydrogens is 247 g/mol. The van der Waals surface area contributed by atoms with Gasteiger partial charge in [0, 0.05) is 5.38 Å². The maximum absolute atomic E-state index is 13.6. The zero-order chi connectivity index (χ0) is 12.3. The molecule has 3 fully saturated rings. The van der Waals surface area contributed by atoms with Gasteiger partial charge in [0.1, 0.15) is 5.82 Å². The summed E-state index contributed by atoms with van der Waals surface area (Å²) in [6.07, 6.45) is 5.00. The van der Waals surface area contributed by atoms with Gasteiger partial charge >= 0.3 is 0 Å². The lowest BCUT2D eigenvalue weighted by molar-refractivity contribution is 0.447. The van der Waals surface area contributed by atoms with Crippen LogP contribution in [0.2, 0.25) is 0 Å². The Morgan fingerprint density at radius 2 is 1.83 bits per heavy atom. The van der Waals surface area contributed by atoms with E-state index in [0.717, 1.165) is 29.2 Å². The zero-order valence-electron chi connectivity index (χ0n) is 10.4. The van der Waals surface area contributed by atoms with Gasteiger partial charge in [-0.2, -0.15) is 0 Å². The predicted molar refractivity (Wildman–Crippen MR) is 71.0 cm³/mol. The maximum Gasteiger partial charge on any atom is 0.126 e. The minimum Gasteiger partial charge on any atom is -0.207 e.